The number of rotatable bonds is 2. The lowest BCUT2D eigenvalue weighted by molar-refractivity contribution is -0.110. The highest BCUT2D eigenvalue weighted by atomic mass is 16.2. The number of anilines is 1. The molecule has 0 aliphatic carbocycles. The summed E-state index contributed by atoms with van der Waals surface area (Å²) in [6, 6.07) is 14.3. The number of fused-ring (bicyclic) bond motifs is 1. The van der Waals surface area contributed by atoms with Crippen LogP contribution < -0.4 is 5.32 Å². The van der Waals surface area contributed by atoms with Gasteiger partial charge in [-0.2, -0.15) is 0 Å². The third-order valence-corrected chi connectivity index (χ3v) is 3.14. The summed E-state index contributed by atoms with van der Waals surface area (Å²) >= 11 is 0. The summed E-state index contributed by atoms with van der Waals surface area (Å²) in [4.78, 5) is 27.7. The van der Waals surface area contributed by atoms with Gasteiger partial charge in [0.15, 0.2) is 5.78 Å². The number of para-hydroxylation sites is 1. The van der Waals surface area contributed by atoms with Gasteiger partial charge in [0.05, 0.1) is 11.4 Å². The molecular formula is C16H12N2O2. The molecule has 2 aromatic rings. The summed E-state index contributed by atoms with van der Waals surface area (Å²) in [5, 5.41) is 2.77. The Kier molecular flexibility index (Phi) is 2.91. The van der Waals surface area contributed by atoms with Crippen LogP contribution in [0.1, 0.15) is 22.8 Å². The van der Waals surface area contributed by atoms with Gasteiger partial charge in [-0.3, -0.25) is 9.59 Å². The normalized spacial score (nSPS) is 15.1. The predicted octanol–water partition coefficient (Wildman–Crippen LogP) is 2.96. The van der Waals surface area contributed by atoms with Gasteiger partial charge in [-0.05, 0) is 25.1 Å². The molecule has 0 spiro atoms. The van der Waals surface area contributed by atoms with Crippen LogP contribution in [0.3, 0.4) is 0 Å². The van der Waals surface area contributed by atoms with E-state index in [1.807, 2.05) is 24.3 Å². The highest BCUT2D eigenvalue weighted by Crippen LogP contribution is 2.25. The van der Waals surface area contributed by atoms with Crippen molar-refractivity contribution in [3.8, 4) is 0 Å². The topological polar surface area (TPSA) is 58.5 Å². The van der Waals surface area contributed by atoms with Gasteiger partial charge < -0.3 is 5.32 Å². The van der Waals surface area contributed by atoms with Crippen LogP contribution in [0.4, 0.5) is 11.4 Å². The van der Waals surface area contributed by atoms with E-state index in [0.717, 1.165) is 11.3 Å². The molecule has 1 aliphatic rings. The van der Waals surface area contributed by atoms with Crippen LogP contribution in [0.15, 0.2) is 53.5 Å². The van der Waals surface area contributed by atoms with Gasteiger partial charge in [0, 0.05) is 11.1 Å². The smallest absolute Gasteiger partial charge is 0.275 e. The van der Waals surface area contributed by atoms with Crippen molar-refractivity contribution < 1.29 is 9.59 Å². The molecule has 98 valence electrons. The first kappa shape index (κ1) is 12.3. The zero-order valence-corrected chi connectivity index (χ0v) is 10.9. The molecule has 2 aromatic carbocycles. The molecule has 0 aromatic heterocycles. The van der Waals surface area contributed by atoms with Gasteiger partial charge in [-0.1, -0.05) is 30.3 Å². The quantitative estimate of drug-likeness (QED) is 0.848. The molecule has 1 N–H and O–H groups in total. The predicted molar refractivity (Wildman–Crippen MR) is 77.7 cm³/mol. The maximum Gasteiger partial charge on any atom is 0.275 e. The van der Waals surface area contributed by atoms with Crippen molar-refractivity contribution in [1.82, 2.24) is 0 Å². The number of amides is 1. The molecule has 0 bridgehead atoms. The maximum absolute atomic E-state index is 11.9. The molecule has 0 saturated carbocycles. The number of ketones is 1. The third-order valence-electron chi connectivity index (χ3n) is 3.14. The Hall–Kier alpha value is -2.75. The molecule has 4 nitrogen and oxygen atoms in total. The summed E-state index contributed by atoms with van der Waals surface area (Å²) in [6.45, 7) is 1.50. The van der Waals surface area contributed by atoms with E-state index in [2.05, 4.69) is 10.3 Å². The first-order valence-electron chi connectivity index (χ1n) is 6.25. The van der Waals surface area contributed by atoms with Crippen molar-refractivity contribution in [2.45, 2.75) is 6.92 Å². The second-order valence-corrected chi connectivity index (χ2v) is 4.57. The highest BCUT2D eigenvalue weighted by Gasteiger charge is 2.25. The molecule has 1 amide bonds. The number of carbonyl (C=O) groups excluding carboxylic acids is 2. The Balaban J connectivity index is 2.07. The minimum absolute atomic E-state index is 0.0247. The van der Waals surface area contributed by atoms with E-state index < -0.39 is 0 Å². The number of aliphatic imine (C=N–C) groups is 1. The van der Waals surface area contributed by atoms with Crippen molar-refractivity contribution in [1.29, 1.82) is 0 Å². The average molecular weight is 264 g/mol. The van der Waals surface area contributed by atoms with E-state index in [-0.39, 0.29) is 11.7 Å². The van der Waals surface area contributed by atoms with Gasteiger partial charge >= 0.3 is 0 Å². The van der Waals surface area contributed by atoms with Crippen molar-refractivity contribution in [2.75, 3.05) is 5.32 Å². The number of carbonyl (C=O) groups is 2. The molecule has 0 atom stereocenters. The third kappa shape index (κ3) is 2.12. The number of nitrogens with one attached hydrogen (secondary N) is 1. The van der Waals surface area contributed by atoms with Crippen LogP contribution in [0.25, 0.3) is 0 Å². The average Bonchev–Trinajstić information content (AvgIpc) is 2.76. The number of nitrogens with zero attached hydrogens (tertiary/aromatic N) is 1. The summed E-state index contributed by atoms with van der Waals surface area (Å²) in [6.07, 6.45) is 0. The molecule has 0 unspecified atom stereocenters. The molecule has 1 heterocycles. The lowest BCUT2D eigenvalue weighted by atomic mass is 10.1. The van der Waals surface area contributed by atoms with Crippen LogP contribution >= 0.6 is 0 Å². The van der Waals surface area contributed by atoms with Gasteiger partial charge in [0.1, 0.15) is 5.71 Å². The van der Waals surface area contributed by atoms with E-state index in [9.17, 15) is 9.59 Å². The monoisotopic (exact) mass is 264 g/mol. The van der Waals surface area contributed by atoms with E-state index in [0.29, 0.717) is 17.0 Å². The Morgan fingerprint density at radius 1 is 1.10 bits per heavy atom. The van der Waals surface area contributed by atoms with Gasteiger partial charge in [-0.15, -0.1) is 0 Å². The fourth-order valence-electron chi connectivity index (χ4n) is 2.14. The van der Waals surface area contributed by atoms with E-state index in [1.165, 1.54) is 6.92 Å². The number of hydrogen-bond acceptors (Lipinski definition) is 3. The molecule has 4 heteroatoms. The lowest BCUT2D eigenvalue weighted by Gasteiger charge is -2.00. The standard InChI is InChI=1S/C16H12N2O2/c1-10(19)11-5-4-6-12(9-11)17-15-13-7-2-3-8-14(13)18-16(15)20/h2-9H,1H3,(H,17,18,20). The number of hydrogen-bond donors (Lipinski definition) is 1. The summed E-state index contributed by atoms with van der Waals surface area (Å²) < 4.78 is 0. The Morgan fingerprint density at radius 3 is 2.70 bits per heavy atom. The van der Waals surface area contributed by atoms with Gasteiger partial charge in [0.25, 0.3) is 5.91 Å². The minimum atomic E-state index is -0.223. The molecule has 20 heavy (non-hydrogen) atoms. The zero-order chi connectivity index (χ0) is 14.1. The summed E-state index contributed by atoms with van der Waals surface area (Å²) in [7, 11) is 0. The van der Waals surface area contributed by atoms with Crippen LogP contribution in [-0.2, 0) is 4.79 Å². The van der Waals surface area contributed by atoms with Crippen molar-refractivity contribution >= 4 is 28.8 Å². The largest absolute Gasteiger partial charge is 0.320 e. The van der Waals surface area contributed by atoms with E-state index in [1.54, 1.807) is 24.3 Å². The number of Topliss-reactive ketones (excluding diaryl/α,β-unsaturated/α-hetero) is 1. The molecule has 0 fully saturated rings. The SMILES string of the molecule is CC(=O)c1cccc(N=C2C(=O)Nc3ccccc32)c1. The number of benzene rings is 2. The molecule has 0 radical (unpaired) electrons. The van der Waals surface area contributed by atoms with E-state index in [4.69, 9.17) is 0 Å². The first-order valence-corrected chi connectivity index (χ1v) is 6.25. The van der Waals surface area contributed by atoms with Crippen LogP contribution in [0, 0.1) is 0 Å². The molecular weight excluding hydrogens is 252 g/mol. The van der Waals surface area contributed by atoms with E-state index >= 15 is 0 Å². The second kappa shape index (κ2) is 4.74. The highest BCUT2D eigenvalue weighted by molar-refractivity contribution is 6.54. The Morgan fingerprint density at radius 2 is 1.90 bits per heavy atom. The zero-order valence-electron chi connectivity index (χ0n) is 10.9. The lowest BCUT2D eigenvalue weighted by Crippen LogP contribution is -2.13. The molecule has 3 rings (SSSR count). The fourth-order valence-corrected chi connectivity index (χ4v) is 2.14. The fraction of sp³-hybridized carbons (Fsp3) is 0.0625. The Bertz CT molecular complexity index is 748. The Labute approximate surface area is 116 Å². The van der Waals surface area contributed by atoms with Crippen LogP contribution in [0.2, 0.25) is 0 Å². The van der Waals surface area contributed by atoms with Crippen molar-refractivity contribution in [3.63, 3.8) is 0 Å². The molecule has 1 aliphatic heterocycles. The summed E-state index contributed by atoms with van der Waals surface area (Å²) in [5.74, 6) is -0.247. The molecule has 0 saturated heterocycles. The van der Waals surface area contributed by atoms with Crippen molar-refractivity contribution in [3.05, 3.63) is 59.7 Å². The van der Waals surface area contributed by atoms with Gasteiger partial charge in [-0.25, -0.2) is 4.99 Å². The van der Waals surface area contributed by atoms with Crippen LogP contribution in [0.5, 0.6) is 0 Å². The minimum Gasteiger partial charge on any atom is -0.320 e. The first-order chi connectivity index (χ1) is 9.65. The van der Waals surface area contributed by atoms with Crippen LogP contribution in [-0.4, -0.2) is 17.4 Å². The summed E-state index contributed by atoms with van der Waals surface area (Å²) in [5.41, 5.74) is 3.10. The van der Waals surface area contributed by atoms with Gasteiger partial charge in [0.2, 0.25) is 0 Å². The maximum atomic E-state index is 11.9. The van der Waals surface area contributed by atoms with Crippen molar-refractivity contribution in [2.24, 2.45) is 4.99 Å². The second-order valence-electron chi connectivity index (χ2n) is 4.57.